The SMILES string of the molecule is COc1ccc(-c2cc3c(c(=O)o2)C[C@@H]2[C@@]4(C)[C@@H](O)C[C@H](O)C(C)(C)[C@]4(O)CC[C@@]2(C)O3)cc1. The summed E-state index contributed by atoms with van der Waals surface area (Å²) in [5, 5.41) is 34.0. The van der Waals surface area contributed by atoms with Crippen molar-refractivity contribution in [3.05, 3.63) is 46.3 Å². The maximum absolute atomic E-state index is 13.1. The van der Waals surface area contributed by atoms with E-state index in [1.807, 2.05) is 39.8 Å². The van der Waals surface area contributed by atoms with Crippen LogP contribution in [0.25, 0.3) is 11.3 Å². The van der Waals surface area contributed by atoms with Gasteiger partial charge in [0.1, 0.15) is 22.9 Å². The molecule has 3 N–H and O–H groups in total. The van der Waals surface area contributed by atoms with Crippen molar-refractivity contribution in [3.63, 3.8) is 0 Å². The van der Waals surface area contributed by atoms with Gasteiger partial charge in [0.05, 0.1) is 30.5 Å². The van der Waals surface area contributed by atoms with E-state index in [0.29, 0.717) is 42.1 Å². The number of hydrogen-bond donors (Lipinski definition) is 3. The van der Waals surface area contributed by atoms with Crippen LogP contribution in [0.15, 0.2) is 39.5 Å². The van der Waals surface area contributed by atoms with Crippen LogP contribution in [0.2, 0.25) is 0 Å². The van der Waals surface area contributed by atoms with Gasteiger partial charge in [0.25, 0.3) is 0 Å². The number of methoxy groups -OCH3 is 1. The van der Waals surface area contributed by atoms with Gasteiger partial charge in [-0.15, -0.1) is 0 Å². The van der Waals surface area contributed by atoms with Crippen LogP contribution in [0.4, 0.5) is 0 Å². The van der Waals surface area contributed by atoms with Gasteiger partial charge in [-0.3, -0.25) is 0 Å². The molecule has 7 nitrogen and oxygen atoms in total. The van der Waals surface area contributed by atoms with E-state index >= 15 is 0 Å². The summed E-state index contributed by atoms with van der Waals surface area (Å²) in [6, 6.07) is 9.01. The molecule has 34 heavy (non-hydrogen) atoms. The van der Waals surface area contributed by atoms with Gasteiger partial charge in [0.15, 0.2) is 0 Å². The number of aliphatic hydroxyl groups excluding tert-OH is 2. The van der Waals surface area contributed by atoms with Crippen molar-refractivity contribution in [2.24, 2.45) is 16.7 Å². The zero-order valence-electron chi connectivity index (χ0n) is 20.4. The standard InChI is InChI=1S/C27H34O7/c1-24(2)21(28)14-22(29)26(4)20-12-17-19(34-25(20,3)10-11-27(24,26)31)13-18(33-23(17)30)15-6-8-16(32-5)9-7-15/h6-9,13,20-22,28-29,31H,10-12,14H2,1-5H3/t20-,21-,22-,25+,26-,27+/m0/s1. The molecule has 2 fully saturated rings. The molecule has 0 radical (unpaired) electrons. The molecule has 5 rings (SSSR count). The highest BCUT2D eigenvalue weighted by Gasteiger charge is 2.73. The predicted molar refractivity (Wildman–Crippen MR) is 126 cm³/mol. The van der Waals surface area contributed by atoms with Gasteiger partial charge in [-0.05, 0) is 50.5 Å². The Kier molecular flexibility index (Phi) is 5.04. The van der Waals surface area contributed by atoms with Crippen LogP contribution in [-0.4, -0.2) is 45.8 Å². The minimum absolute atomic E-state index is 0.163. The summed E-state index contributed by atoms with van der Waals surface area (Å²) in [6.07, 6.45) is -0.390. The van der Waals surface area contributed by atoms with Gasteiger partial charge in [-0.25, -0.2) is 4.79 Å². The summed E-state index contributed by atoms with van der Waals surface area (Å²) in [5.74, 6) is 1.26. The summed E-state index contributed by atoms with van der Waals surface area (Å²) in [6.45, 7) is 7.60. The molecule has 0 unspecified atom stereocenters. The zero-order valence-corrected chi connectivity index (χ0v) is 20.4. The summed E-state index contributed by atoms with van der Waals surface area (Å²) in [7, 11) is 1.59. The van der Waals surface area contributed by atoms with Crippen LogP contribution in [0.5, 0.6) is 11.5 Å². The molecule has 0 saturated heterocycles. The lowest BCUT2D eigenvalue weighted by molar-refractivity contribution is -0.316. The van der Waals surface area contributed by atoms with E-state index in [4.69, 9.17) is 13.9 Å². The highest BCUT2D eigenvalue weighted by molar-refractivity contribution is 5.61. The number of ether oxygens (including phenoxy) is 2. The van der Waals surface area contributed by atoms with Crippen LogP contribution < -0.4 is 15.1 Å². The molecule has 184 valence electrons. The van der Waals surface area contributed by atoms with Crippen LogP contribution in [-0.2, 0) is 6.42 Å². The molecular formula is C27H34O7. The van der Waals surface area contributed by atoms with Gasteiger partial charge in [0, 0.05) is 34.8 Å². The Morgan fingerprint density at radius 1 is 1.03 bits per heavy atom. The van der Waals surface area contributed by atoms with E-state index in [-0.39, 0.29) is 12.3 Å². The van der Waals surface area contributed by atoms with Gasteiger partial charge in [-0.2, -0.15) is 0 Å². The second-order valence-electron chi connectivity index (χ2n) is 11.3. The van der Waals surface area contributed by atoms with Crippen molar-refractivity contribution in [1.82, 2.24) is 0 Å². The first kappa shape index (κ1) is 23.4. The van der Waals surface area contributed by atoms with E-state index < -0.39 is 39.9 Å². The fraction of sp³-hybridized carbons (Fsp3) is 0.593. The summed E-state index contributed by atoms with van der Waals surface area (Å²) >= 11 is 0. The van der Waals surface area contributed by atoms with Crippen LogP contribution in [0.1, 0.15) is 52.5 Å². The average Bonchev–Trinajstić information content (AvgIpc) is 2.80. The van der Waals surface area contributed by atoms with Crippen molar-refractivity contribution in [1.29, 1.82) is 0 Å². The maximum Gasteiger partial charge on any atom is 0.343 e. The van der Waals surface area contributed by atoms with Gasteiger partial charge < -0.3 is 29.2 Å². The Hall–Kier alpha value is -2.35. The van der Waals surface area contributed by atoms with Crippen LogP contribution in [0.3, 0.4) is 0 Å². The van der Waals surface area contributed by atoms with Crippen molar-refractivity contribution in [2.75, 3.05) is 7.11 Å². The second-order valence-corrected chi connectivity index (χ2v) is 11.3. The fourth-order valence-corrected chi connectivity index (χ4v) is 7.02. The number of rotatable bonds is 2. The van der Waals surface area contributed by atoms with Crippen molar-refractivity contribution in [3.8, 4) is 22.8 Å². The molecule has 2 aliphatic carbocycles. The predicted octanol–water partition coefficient (Wildman–Crippen LogP) is 3.31. The van der Waals surface area contributed by atoms with E-state index in [1.165, 1.54) is 0 Å². The first-order valence-electron chi connectivity index (χ1n) is 12.0. The fourth-order valence-electron chi connectivity index (χ4n) is 7.02. The summed E-state index contributed by atoms with van der Waals surface area (Å²) in [5.41, 5.74) is -3.16. The topological polar surface area (TPSA) is 109 Å². The Morgan fingerprint density at radius 3 is 2.35 bits per heavy atom. The van der Waals surface area contributed by atoms with Crippen molar-refractivity contribution < 1.29 is 29.2 Å². The molecule has 1 aliphatic heterocycles. The summed E-state index contributed by atoms with van der Waals surface area (Å²) in [4.78, 5) is 13.1. The molecule has 2 heterocycles. The van der Waals surface area contributed by atoms with Crippen LogP contribution in [0, 0.1) is 16.7 Å². The Balaban J connectivity index is 1.59. The lowest BCUT2D eigenvalue weighted by atomic mass is 9.40. The minimum atomic E-state index is -1.33. The van der Waals surface area contributed by atoms with Gasteiger partial charge in [-0.1, -0.05) is 20.8 Å². The smallest absolute Gasteiger partial charge is 0.343 e. The number of fused-ring (bicyclic) bond motifs is 4. The van der Waals surface area contributed by atoms with Gasteiger partial charge >= 0.3 is 5.63 Å². The third-order valence-electron chi connectivity index (χ3n) is 9.51. The molecule has 2 saturated carbocycles. The lowest BCUT2D eigenvalue weighted by Crippen LogP contribution is -2.77. The monoisotopic (exact) mass is 470 g/mol. The normalized spacial score (nSPS) is 38.2. The Labute approximate surface area is 199 Å². The molecular weight excluding hydrogens is 436 g/mol. The maximum atomic E-state index is 13.1. The van der Waals surface area contributed by atoms with E-state index in [9.17, 15) is 20.1 Å². The third kappa shape index (κ3) is 2.90. The highest BCUT2D eigenvalue weighted by atomic mass is 16.5. The number of benzene rings is 1. The molecule has 0 spiro atoms. The highest BCUT2D eigenvalue weighted by Crippen LogP contribution is 2.66. The van der Waals surface area contributed by atoms with E-state index in [1.54, 1.807) is 25.3 Å². The minimum Gasteiger partial charge on any atom is -0.497 e. The van der Waals surface area contributed by atoms with Crippen LogP contribution >= 0.6 is 0 Å². The number of hydrogen-bond acceptors (Lipinski definition) is 7. The second kappa shape index (κ2) is 7.33. The Bertz CT molecular complexity index is 1170. The zero-order chi connectivity index (χ0) is 24.7. The van der Waals surface area contributed by atoms with Crippen molar-refractivity contribution in [2.45, 2.75) is 76.8 Å². The van der Waals surface area contributed by atoms with E-state index in [0.717, 1.165) is 5.56 Å². The molecule has 3 aliphatic rings. The van der Waals surface area contributed by atoms with Gasteiger partial charge in [0.2, 0.25) is 0 Å². The third-order valence-corrected chi connectivity index (χ3v) is 9.51. The largest absolute Gasteiger partial charge is 0.497 e. The molecule has 6 atom stereocenters. The first-order chi connectivity index (χ1) is 15.9. The molecule has 0 bridgehead atoms. The molecule has 1 aromatic carbocycles. The molecule has 2 aromatic rings. The first-order valence-corrected chi connectivity index (χ1v) is 12.0. The Morgan fingerprint density at radius 2 is 1.71 bits per heavy atom. The van der Waals surface area contributed by atoms with Crippen molar-refractivity contribution >= 4 is 0 Å². The number of aliphatic hydroxyl groups is 3. The molecule has 0 amide bonds. The molecule has 7 heteroatoms. The average molecular weight is 471 g/mol. The summed E-state index contributed by atoms with van der Waals surface area (Å²) < 4.78 is 17.4. The quantitative estimate of drug-likeness (QED) is 0.618. The van der Waals surface area contributed by atoms with E-state index in [2.05, 4.69) is 0 Å². The lowest BCUT2D eigenvalue weighted by Gasteiger charge is -2.69. The molecule has 1 aromatic heterocycles.